The van der Waals surface area contributed by atoms with Crippen molar-refractivity contribution in [1.29, 1.82) is 0 Å². The lowest BCUT2D eigenvalue weighted by molar-refractivity contribution is -0.137. The number of hydrogen-bond donors (Lipinski definition) is 4. The fraction of sp³-hybridized carbons (Fsp3) is 0.0526. The number of hydrogen-bond acceptors (Lipinski definition) is 6. The van der Waals surface area contributed by atoms with Gasteiger partial charge in [0.2, 0.25) is 0 Å². The van der Waals surface area contributed by atoms with Gasteiger partial charge in [-0.3, -0.25) is 5.43 Å². The minimum Gasteiger partial charge on any atom is -0.374 e. The number of nitrogens with zero attached hydrogens (tertiary/aromatic N) is 2. The Hall–Kier alpha value is -3.86. The first-order valence-corrected chi connectivity index (χ1v) is 9.15. The Balaban J connectivity index is 1.37. The van der Waals surface area contributed by atoms with E-state index in [0.29, 0.717) is 11.4 Å². The van der Waals surface area contributed by atoms with E-state index in [2.05, 4.69) is 26.5 Å². The molecule has 12 heteroatoms. The van der Waals surface area contributed by atoms with Crippen LogP contribution in [0.3, 0.4) is 0 Å². The van der Waals surface area contributed by atoms with Gasteiger partial charge in [0, 0.05) is 17.6 Å². The molecule has 2 amide bonds. The third-order valence-corrected chi connectivity index (χ3v) is 4.48. The highest BCUT2D eigenvalue weighted by Crippen LogP contribution is 2.36. The monoisotopic (exact) mass is 450 g/mol. The van der Waals surface area contributed by atoms with Crippen LogP contribution in [0, 0.1) is 0 Å². The van der Waals surface area contributed by atoms with E-state index < -0.39 is 22.8 Å². The number of halogens is 4. The summed E-state index contributed by atoms with van der Waals surface area (Å²) in [4.78, 5) is 21.9. The molecule has 2 aromatic rings. The van der Waals surface area contributed by atoms with Crippen molar-refractivity contribution in [3.05, 3.63) is 76.8 Å². The van der Waals surface area contributed by atoms with Gasteiger partial charge in [-0.1, -0.05) is 11.6 Å². The molecule has 31 heavy (non-hydrogen) atoms. The van der Waals surface area contributed by atoms with Gasteiger partial charge in [0.25, 0.3) is 0 Å². The van der Waals surface area contributed by atoms with Crippen molar-refractivity contribution in [3.63, 3.8) is 0 Å². The topological polar surface area (TPSA) is 90.0 Å². The highest BCUT2D eigenvalue weighted by molar-refractivity contribution is 6.31. The van der Waals surface area contributed by atoms with Crippen LogP contribution in [-0.4, -0.2) is 17.4 Å². The van der Waals surface area contributed by atoms with E-state index in [4.69, 9.17) is 16.4 Å². The van der Waals surface area contributed by atoms with E-state index in [-0.39, 0.29) is 5.69 Å². The predicted molar refractivity (Wildman–Crippen MR) is 109 cm³/mol. The Morgan fingerprint density at radius 1 is 1.10 bits per heavy atom. The molecule has 0 spiro atoms. The standard InChI is InChI=1S/C19H14ClF3N6O2/c20-15-6-3-12(7-14(15)19(21,22)23)27-18(30)26-11-1-4-13(5-2-11)31-29-10-24-8-16-17(29)9-25-28-16/h1-10,25,28H,(H2,26,27,30). The maximum absolute atomic E-state index is 12.9. The number of alkyl halides is 3. The zero-order valence-electron chi connectivity index (χ0n) is 15.5. The molecule has 2 aliphatic heterocycles. The van der Waals surface area contributed by atoms with Crippen LogP contribution in [0.1, 0.15) is 5.56 Å². The van der Waals surface area contributed by atoms with Crippen LogP contribution in [0.15, 0.2) is 71.3 Å². The lowest BCUT2D eigenvalue weighted by atomic mass is 10.2. The minimum absolute atomic E-state index is 0.0468. The Bertz CT molecular complexity index is 1100. The number of hydroxylamine groups is 2. The highest BCUT2D eigenvalue weighted by Gasteiger charge is 2.33. The largest absolute Gasteiger partial charge is 0.417 e. The quantitative estimate of drug-likeness (QED) is 0.553. The summed E-state index contributed by atoms with van der Waals surface area (Å²) in [6, 6.07) is 8.78. The Morgan fingerprint density at radius 3 is 2.55 bits per heavy atom. The minimum atomic E-state index is -4.63. The molecule has 4 N–H and O–H groups in total. The van der Waals surface area contributed by atoms with Crippen LogP contribution in [-0.2, 0) is 6.18 Å². The third kappa shape index (κ3) is 4.67. The van der Waals surface area contributed by atoms with Gasteiger partial charge in [0.1, 0.15) is 17.7 Å². The zero-order chi connectivity index (χ0) is 22.0. The molecule has 2 aliphatic rings. The second kappa shape index (κ2) is 8.11. The van der Waals surface area contributed by atoms with Crippen LogP contribution in [0.25, 0.3) is 0 Å². The van der Waals surface area contributed by atoms with E-state index in [1.807, 2.05) is 0 Å². The predicted octanol–water partition coefficient (Wildman–Crippen LogP) is 4.43. The molecular formula is C19H14ClF3N6O2. The molecule has 4 rings (SSSR count). The number of carbonyl (C=O) groups excluding carboxylic acids is 1. The van der Waals surface area contributed by atoms with Crippen molar-refractivity contribution in [2.45, 2.75) is 6.18 Å². The molecule has 0 fully saturated rings. The first-order chi connectivity index (χ1) is 14.8. The number of rotatable bonds is 4. The van der Waals surface area contributed by atoms with Gasteiger partial charge in [-0.2, -0.15) is 18.2 Å². The number of aliphatic imine (C=N–C) groups is 1. The number of fused-ring (bicyclic) bond motifs is 1. The summed E-state index contributed by atoms with van der Waals surface area (Å²) in [6.07, 6.45) is 0.205. The van der Waals surface area contributed by atoms with E-state index >= 15 is 0 Å². The SMILES string of the molecule is O=C(Nc1ccc(ON2C=NC=C3NNC=C32)cc1)Nc1ccc(Cl)c(C(F)(F)F)c1. The molecule has 2 heterocycles. The average Bonchev–Trinajstić information content (AvgIpc) is 3.20. The smallest absolute Gasteiger partial charge is 0.374 e. The molecule has 2 aromatic carbocycles. The fourth-order valence-electron chi connectivity index (χ4n) is 2.73. The van der Waals surface area contributed by atoms with Crippen molar-refractivity contribution in [2.24, 2.45) is 4.99 Å². The number of anilines is 2. The van der Waals surface area contributed by atoms with Gasteiger partial charge in [-0.05, 0) is 42.5 Å². The summed E-state index contributed by atoms with van der Waals surface area (Å²) in [5, 5.41) is 5.88. The van der Waals surface area contributed by atoms with Crippen molar-refractivity contribution in [2.75, 3.05) is 10.6 Å². The van der Waals surface area contributed by atoms with Crippen molar-refractivity contribution in [3.8, 4) is 5.75 Å². The normalized spacial score (nSPS) is 14.6. The summed E-state index contributed by atoms with van der Waals surface area (Å²) in [6.45, 7) is 0. The summed E-state index contributed by atoms with van der Waals surface area (Å²) >= 11 is 5.58. The molecule has 8 nitrogen and oxygen atoms in total. The molecule has 0 bridgehead atoms. The molecule has 0 unspecified atom stereocenters. The number of urea groups is 1. The zero-order valence-corrected chi connectivity index (χ0v) is 16.3. The van der Waals surface area contributed by atoms with Gasteiger partial charge in [0.05, 0.1) is 16.8 Å². The molecule has 0 aliphatic carbocycles. The van der Waals surface area contributed by atoms with E-state index in [0.717, 1.165) is 23.5 Å². The number of carbonyl (C=O) groups is 1. The second-order valence-corrected chi connectivity index (χ2v) is 6.73. The fourth-order valence-corrected chi connectivity index (χ4v) is 2.96. The number of benzene rings is 2. The van der Waals surface area contributed by atoms with Crippen molar-refractivity contribution < 1.29 is 22.8 Å². The van der Waals surface area contributed by atoms with E-state index in [1.54, 1.807) is 36.7 Å². The maximum atomic E-state index is 12.9. The second-order valence-electron chi connectivity index (χ2n) is 6.32. The summed E-state index contributed by atoms with van der Waals surface area (Å²) < 4.78 is 38.8. The molecule has 0 radical (unpaired) electrons. The van der Waals surface area contributed by atoms with Gasteiger partial charge < -0.3 is 20.9 Å². The van der Waals surface area contributed by atoms with Crippen molar-refractivity contribution >= 4 is 35.3 Å². The van der Waals surface area contributed by atoms with Gasteiger partial charge in [0.15, 0.2) is 5.75 Å². The molecule has 160 valence electrons. The Kier molecular flexibility index (Phi) is 5.34. The Labute approximate surface area is 179 Å². The molecule has 0 saturated heterocycles. The third-order valence-electron chi connectivity index (χ3n) is 4.15. The molecule has 0 atom stereocenters. The first-order valence-electron chi connectivity index (χ1n) is 8.77. The van der Waals surface area contributed by atoms with Crippen LogP contribution < -0.4 is 26.3 Å². The summed E-state index contributed by atoms with van der Waals surface area (Å²) in [7, 11) is 0. The number of amides is 2. The van der Waals surface area contributed by atoms with Crippen LogP contribution in [0.2, 0.25) is 5.02 Å². The van der Waals surface area contributed by atoms with Crippen LogP contribution in [0.4, 0.5) is 29.3 Å². The summed E-state index contributed by atoms with van der Waals surface area (Å²) in [5.41, 5.74) is 6.55. The summed E-state index contributed by atoms with van der Waals surface area (Å²) in [5.74, 6) is 0.471. The molecule has 0 saturated carbocycles. The molecular weight excluding hydrogens is 437 g/mol. The Morgan fingerprint density at radius 2 is 1.81 bits per heavy atom. The van der Waals surface area contributed by atoms with Crippen LogP contribution in [0.5, 0.6) is 5.75 Å². The van der Waals surface area contributed by atoms with E-state index in [1.165, 1.54) is 17.5 Å². The van der Waals surface area contributed by atoms with E-state index in [9.17, 15) is 18.0 Å². The first kappa shape index (κ1) is 20.4. The van der Waals surface area contributed by atoms with Gasteiger partial charge in [-0.15, -0.1) is 0 Å². The number of nitrogens with one attached hydrogen (secondary N) is 4. The van der Waals surface area contributed by atoms with Gasteiger partial charge >= 0.3 is 12.2 Å². The lowest BCUT2D eigenvalue weighted by Gasteiger charge is -2.22. The highest BCUT2D eigenvalue weighted by atomic mass is 35.5. The average molecular weight is 451 g/mol. The molecule has 0 aromatic heterocycles. The maximum Gasteiger partial charge on any atom is 0.417 e. The number of hydrazine groups is 1. The van der Waals surface area contributed by atoms with Gasteiger partial charge in [-0.25, -0.2) is 9.79 Å². The lowest BCUT2D eigenvalue weighted by Crippen LogP contribution is -2.29. The van der Waals surface area contributed by atoms with Crippen LogP contribution >= 0.6 is 11.6 Å². The van der Waals surface area contributed by atoms with Crippen molar-refractivity contribution in [1.82, 2.24) is 15.9 Å².